The van der Waals surface area contributed by atoms with Crippen LogP contribution in [0, 0.1) is 12.8 Å². The van der Waals surface area contributed by atoms with Gasteiger partial charge in [0.1, 0.15) is 0 Å². The summed E-state index contributed by atoms with van der Waals surface area (Å²) in [7, 11) is 0. The summed E-state index contributed by atoms with van der Waals surface area (Å²) in [6, 6.07) is 7.32. The fourth-order valence-corrected chi connectivity index (χ4v) is 2.20. The molecule has 1 aromatic rings. The molecular formula is C14H18N2O3. The summed E-state index contributed by atoms with van der Waals surface area (Å²) in [6.45, 7) is 2.92. The summed E-state index contributed by atoms with van der Waals surface area (Å²) in [4.78, 5) is 25.3. The van der Waals surface area contributed by atoms with Gasteiger partial charge in [0, 0.05) is 31.3 Å². The van der Waals surface area contributed by atoms with Crippen LogP contribution in [-0.4, -0.2) is 41.5 Å². The second-order valence-electron chi connectivity index (χ2n) is 4.86. The molecule has 0 aromatic heterocycles. The van der Waals surface area contributed by atoms with Gasteiger partial charge in [0.05, 0.1) is 0 Å². The van der Waals surface area contributed by atoms with Gasteiger partial charge in [0.15, 0.2) is 0 Å². The van der Waals surface area contributed by atoms with Crippen LogP contribution in [0.2, 0.25) is 0 Å². The van der Waals surface area contributed by atoms with Crippen molar-refractivity contribution in [1.29, 1.82) is 0 Å². The van der Waals surface area contributed by atoms with Gasteiger partial charge in [-0.2, -0.15) is 0 Å². The lowest BCUT2D eigenvalue weighted by Crippen LogP contribution is -2.38. The number of nitrogens with one attached hydrogen (secondary N) is 1. The van der Waals surface area contributed by atoms with Crippen molar-refractivity contribution >= 4 is 17.5 Å². The number of para-hydroxylation sites is 1. The monoisotopic (exact) mass is 262 g/mol. The van der Waals surface area contributed by atoms with Crippen molar-refractivity contribution in [2.75, 3.05) is 25.0 Å². The standard InChI is InChI=1S/C14H18N2O3/c1-10-4-2-3-5-12(10)15-13(18)14(19)16-7-6-11(8-16)9-17/h2-5,11,17H,6-9H2,1H3,(H,15,18). The topological polar surface area (TPSA) is 69.6 Å². The lowest BCUT2D eigenvalue weighted by molar-refractivity contribution is -0.142. The Hall–Kier alpha value is -1.88. The number of carbonyl (C=O) groups excluding carboxylic acids is 2. The van der Waals surface area contributed by atoms with Gasteiger partial charge in [-0.3, -0.25) is 9.59 Å². The second-order valence-corrected chi connectivity index (χ2v) is 4.86. The Morgan fingerprint density at radius 3 is 2.79 bits per heavy atom. The van der Waals surface area contributed by atoms with E-state index < -0.39 is 11.8 Å². The summed E-state index contributed by atoms with van der Waals surface area (Å²) < 4.78 is 0. The quantitative estimate of drug-likeness (QED) is 0.774. The Kier molecular flexibility index (Phi) is 4.16. The third kappa shape index (κ3) is 3.12. The highest BCUT2D eigenvalue weighted by Gasteiger charge is 2.29. The van der Waals surface area contributed by atoms with Gasteiger partial charge < -0.3 is 15.3 Å². The van der Waals surface area contributed by atoms with E-state index in [1.807, 2.05) is 25.1 Å². The Morgan fingerprint density at radius 1 is 1.42 bits per heavy atom. The molecule has 0 saturated carbocycles. The normalized spacial score (nSPS) is 18.4. The summed E-state index contributed by atoms with van der Waals surface area (Å²) in [5.74, 6) is -1.05. The fourth-order valence-electron chi connectivity index (χ4n) is 2.20. The van der Waals surface area contributed by atoms with Crippen molar-refractivity contribution in [2.24, 2.45) is 5.92 Å². The zero-order valence-electron chi connectivity index (χ0n) is 10.9. The van der Waals surface area contributed by atoms with Crippen molar-refractivity contribution in [3.63, 3.8) is 0 Å². The molecule has 1 fully saturated rings. The predicted octanol–water partition coefficient (Wildman–Crippen LogP) is 0.774. The molecule has 102 valence electrons. The molecule has 1 atom stereocenters. The second kappa shape index (κ2) is 5.84. The largest absolute Gasteiger partial charge is 0.396 e. The predicted molar refractivity (Wildman–Crippen MR) is 71.6 cm³/mol. The zero-order chi connectivity index (χ0) is 13.8. The molecule has 1 heterocycles. The number of aliphatic hydroxyl groups excluding tert-OH is 1. The van der Waals surface area contributed by atoms with E-state index in [9.17, 15) is 9.59 Å². The van der Waals surface area contributed by atoms with Crippen molar-refractivity contribution < 1.29 is 14.7 Å². The molecule has 5 heteroatoms. The van der Waals surface area contributed by atoms with Gasteiger partial charge in [-0.25, -0.2) is 0 Å². The van der Waals surface area contributed by atoms with Crippen molar-refractivity contribution in [2.45, 2.75) is 13.3 Å². The highest BCUT2D eigenvalue weighted by molar-refractivity contribution is 6.39. The molecule has 19 heavy (non-hydrogen) atoms. The summed E-state index contributed by atoms with van der Waals surface area (Å²) in [6.07, 6.45) is 0.750. The van der Waals surface area contributed by atoms with Gasteiger partial charge in [0.2, 0.25) is 0 Å². The molecule has 0 bridgehead atoms. The van der Waals surface area contributed by atoms with Crippen LogP contribution in [0.15, 0.2) is 24.3 Å². The maximum Gasteiger partial charge on any atom is 0.313 e. The minimum absolute atomic E-state index is 0.0587. The highest BCUT2D eigenvalue weighted by atomic mass is 16.3. The minimum Gasteiger partial charge on any atom is -0.396 e. The van der Waals surface area contributed by atoms with Gasteiger partial charge in [0.25, 0.3) is 0 Å². The Bertz CT molecular complexity index is 487. The smallest absolute Gasteiger partial charge is 0.313 e. The van der Waals surface area contributed by atoms with Gasteiger partial charge >= 0.3 is 11.8 Å². The van der Waals surface area contributed by atoms with Crippen LogP contribution in [0.3, 0.4) is 0 Å². The fraction of sp³-hybridized carbons (Fsp3) is 0.429. The van der Waals surface area contributed by atoms with Crippen molar-refractivity contribution in [3.8, 4) is 0 Å². The van der Waals surface area contributed by atoms with E-state index in [0.717, 1.165) is 12.0 Å². The number of benzene rings is 1. The van der Waals surface area contributed by atoms with E-state index >= 15 is 0 Å². The summed E-state index contributed by atoms with van der Waals surface area (Å²) in [5.41, 5.74) is 1.57. The number of amides is 2. The van der Waals surface area contributed by atoms with Gasteiger partial charge in [-0.1, -0.05) is 18.2 Å². The molecule has 1 aliphatic heterocycles. The SMILES string of the molecule is Cc1ccccc1NC(=O)C(=O)N1CCC(CO)C1. The molecule has 2 N–H and O–H groups in total. The zero-order valence-corrected chi connectivity index (χ0v) is 10.9. The van der Waals surface area contributed by atoms with E-state index in [4.69, 9.17) is 5.11 Å². The molecule has 2 rings (SSSR count). The average molecular weight is 262 g/mol. The summed E-state index contributed by atoms with van der Waals surface area (Å²) >= 11 is 0. The molecule has 0 radical (unpaired) electrons. The third-order valence-electron chi connectivity index (χ3n) is 3.42. The van der Waals surface area contributed by atoms with Crippen molar-refractivity contribution in [3.05, 3.63) is 29.8 Å². The number of likely N-dealkylation sites (tertiary alicyclic amines) is 1. The first-order valence-corrected chi connectivity index (χ1v) is 6.38. The van der Waals surface area contributed by atoms with E-state index in [2.05, 4.69) is 5.32 Å². The highest BCUT2D eigenvalue weighted by Crippen LogP contribution is 2.17. The molecule has 5 nitrogen and oxygen atoms in total. The molecular weight excluding hydrogens is 244 g/mol. The number of hydrogen-bond donors (Lipinski definition) is 2. The van der Waals surface area contributed by atoms with Crippen LogP contribution in [0.25, 0.3) is 0 Å². The molecule has 2 amide bonds. The third-order valence-corrected chi connectivity index (χ3v) is 3.42. The van der Waals surface area contributed by atoms with Crippen LogP contribution >= 0.6 is 0 Å². The Balaban J connectivity index is 1.97. The Labute approximate surface area is 112 Å². The molecule has 1 saturated heterocycles. The maximum atomic E-state index is 12.0. The lowest BCUT2D eigenvalue weighted by atomic mass is 10.1. The number of aliphatic hydroxyl groups is 1. The first-order chi connectivity index (χ1) is 9.11. The van der Waals surface area contributed by atoms with E-state index in [1.54, 1.807) is 6.07 Å². The van der Waals surface area contributed by atoms with E-state index in [0.29, 0.717) is 18.8 Å². The van der Waals surface area contributed by atoms with Crippen LogP contribution in [0.4, 0.5) is 5.69 Å². The van der Waals surface area contributed by atoms with Crippen LogP contribution in [0.5, 0.6) is 0 Å². The first kappa shape index (κ1) is 13.5. The lowest BCUT2D eigenvalue weighted by Gasteiger charge is -2.16. The van der Waals surface area contributed by atoms with Gasteiger partial charge in [-0.05, 0) is 25.0 Å². The Morgan fingerprint density at radius 2 is 2.16 bits per heavy atom. The maximum absolute atomic E-state index is 12.0. The number of carbonyl (C=O) groups is 2. The number of anilines is 1. The van der Waals surface area contributed by atoms with Gasteiger partial charge in [-0.15, -0.1) is 0 Å². The number of rotatable bonds is 2. The van der Waals surface area contributed by atoms with Crippen LogP contribution < -0.4 is 5.32 Å². The van der Waals surface area contributed by atoms with E-state index in [1.165, 1.54) is 4.90 Å². The van der Waals surface area contributed by atoms with Crippen LogP contribution in [0.1, 0.15) is 12.0 Å². The first-order valence-electron chi connectivity index (χ1n) is 6.38. The molecule has 0 aliphatic carbocycles. The molecule has 0 spiro atoms. The number of hydrogen-bond acceptors (Lipinski definition) is 3. The molecule has 1 aliphatic rings. The molecule has 1 aromatic carbocycles. The van der Waals surface area contributed by atoms with Crippen molar-refractivity contribution in [1.82, 2.24) is 4.90 Å². The number of aryl methyl sites for hydroxylation is 1. The van der Waals surface area contributed by atoms with Crippen LogP contribution in [-0.2, 0) is 9.59 Å². The average Bonchev–Trinajstić information content (AvgIpc) is 2.89. The minimum atomic E-state index is -0.618. The van der Waals surface area contributed by atoms with E-state index in [-0.39, 0.29) is 12.5 Å². The number of nitrogens with zero attached hydrogens (tertiary/aromatic N) is 1. The summed E-state index contributed by atoms with van der Waals surface area (Å²) in [5, 5.41) is 11.7. The molecule has 1 unspecified atom stereocenters.